The molecule has 1 N–H and O–H groups in total. The van der Waals surface area contributed by atoms with Crippen LogP contribution in [0.2, 0.25) is 0 Å². The average molecular weight is 332 g/mol. The molecule has 1 aromatic carbocycles. The van der Waals surface area contributed by atoms with Gasteiger partial charge in [-0.3, -0.25) is 4.79 Å². The highest BCUT2D eigenvalue weighted by Crippen LogP contribution is 2.15. The van der Waals surface area contributed by atoms with Crippen LogP contribution in [-0.4, -0.2) is 41.6 Å². The first-order chi connectivity index (χ1) is 11.2. The average Bonchev–Trinajstić information content (AvgIpc) is 3.12. The molecule has 6 heteroatoms. The molecule has 0 bridgehead atoms. The number of hydrogen-bond donors (Lipinski definition) is 1. The fraction of sp³-hybridized carbons (Fsp3) is 0.294. The first-order valence-electron chi connectivity index (χ1n) is 7.27. The lowest BCUT2D eigenvalue weighted by Gasteiger charge is -2.17. The first kappa shape index (κ1) is 17.1. The van der Waals surface area contributed by atoms with Crippen molar-refractivity contribution in [2.75, 3.05) is 19.1 Å². The molecule has 1 unspecified atom stereocenters. The first-order valence-corrected chi connectivity index (χ1v) is 8.66. The molecule has 0 radical (unpaired) electrons. The van der Waals surface area contributed by atoms with Gasteiger partial charge in [-0.05, 0) is 42.7 Å². The zero-order valence-electron chi connectivity index (χ0n) is 13.2. The van der Waals surface area contributed by atoms with E-state index in [-0.39, 0.29) is 5.91 Å². The highest BCUT2D eigenvalue weighted by molar-refractivity contribution is 7.98. The van der Waals surface area contributed by atoms with Gasteiger partial charge in [0.15, 0.2) is 0 Å². The molecule has 2 rings (SSSR count). The number of aromatic nitrogens is 1. The van der Waals surface area contributed by atoms with Gasteiger partial charge in [0.05, 0.1) is 18.4 Å². The molecule has 122 valence electrons. The number of amides is 1. The Bertz CT molecular complexity index is 656. The van der Waals surface area contributed by atoms with Gasteiger partial charge in [-0.25, -0.2) is 4.79 Å². The summed E-state index contributed by atoms with van der Waals surface area (Å²) >= 11 is 1.62. The van der Waals surface area contributed by atoms with Crippen LogP contribution in [-0.2, 0) is 9.53 Å². The summed E-state index contributed by atoms with van der Waals surface area (Å²) in [5.74, 6) is 0.0518. The standard InChI is InChI=1S/C17H20N2O3S/c1-22-17(21)14(9-12-23-2)18-16(20)13-7-3-4-8-15(13)19-10-5-6-11-19/h3-8,10-11,14H,9,12H2,1-2H3,(H,18,20). The van der Waals surface area contributed by atoms with Crippen LogP contribution in [0.4, 0.5) is 0 Å². The molecular weight excluding hydrogens is 312 g/mol. The van der Waals surface area contributed by atoms with Crippen molar-refractivity contribution in [3.8, 4) is 5.69 Å². The highest BCUT2D eigenvalue weighted by Gasteiger charge is 2.23. The second kappa shape index (κ2) is 8.43. The van der Waals surface area contributed by atoms with E-state index in [0.29, 0.717) is 12.0 Å². The van der Waals surface area contributed by atoms with Crippen LogP contribution in [0.25, 0.3) is 5.69 Å². The molecule has 0 aliphatic rings. The molecule has 23 heavy (non-hydrogen) atoms. The number of thioether (sulfide) groups is 1. The minimum atomic E-state index is -0.641. The van der Waals surface area contributed by atoms with Gasteiger partial charge in [0.2, 0.25) is 0 Å². The van der Waals surface area contributed by atoms with Crippen molar-refractivity contribution in [3.05, 3.63) is 54.4 Å². The predicted octanol–water partition coefficient (Wildman–Crippen LogP) is 2.50. The molecule has 1 heterocycles. The van der Waals surface area contributed by atoms with Gasteiger partial charge in [0, 0.05) is 12.4 Å². The largest absolute Gasteiger partial charge is 0.467 e. The number of esters is 1. The van der Waals surface area contributed by atoms with Crippen LogP contribution in [0.15, 0.2) is 48.8 Å². The van der Waals surface area contributed by atoms with Crippen LogP contribution in [0.1, 0.15) is 16.8 Å². The van der Waals surface area contributed by atoms with Gasteiger partial charge >= 0.3 is 5.97 Å². The van der Waals surface area contributed by atoms with Crippen LogP contribution in [0, 0.1) is 0 Å². The third kappa shape index (κ3) is 4.39. The van der Waals surface area contributed by atoms with E-state index in [2.05, 4.69) is 5.32 Å². The Morgan fingerprint density at radius 1 is 1.22 bits per heavy atom. The minimum absolute atomic E-state index is 0.286. The van der Waals surface area contributed by atoms with Gasteiger partial charge in [-0.1, -0.05) is 12.1 Å². The number of benzene rings is 1. The van der Waals surface area contributed by atoms with E-state index in [0.717, 1.165) is 11.4 Å². The lowest BCUT2D eigenvalue weighted by Crippen LogP contribution is -2.42. The van der Waals surface area contributed by atoms with Gasteiger partial charge in [0.1, 0.15) is 6.04 Å². The Morgan fingerprint density at radius 3 is 2.57 bits per heavy atom. The molecular formula is C17H20N2O3S. The monoisotopic (exact) mass is 332 g/mol. The number of carbonyl (C=O) groups excluding carboxylic acids is 2. The number of hydrogen-bond acceptors (Lipinski definition) is 4. The number of methoxy groups -OCH3 is 1. The van der Waals surface area contributed by atoms with Crippen molar-refractivity contribution in [2.45, 2.75) is 12.5 Å². The Balaban J connectivity index is 2.21. The van der Waals surface area contributed by atoms with Gasteiger partial charge < -0.3 is 14.6 Å². The minimum Gasteiger partial charge on any atom is -0.467 e. The second-order valence-corrected chi connectivity index (χ2v) is 5.92. The van der Waals surface area contributed by atoms with E-state index in [9.17, 15) is 9.59 Å². The normalized spacial score (nSPS) is 11.7. The zero-order chi connectivity index (χ0) is 16.7. The van der Waals surface area contributed by atoms with Crippen molar-refractivity contribution >= 4 is 23.6 Å². The Morgan fingerprint density at radius 2 is 1.91 bits per heavy atom. The van der Waals surface area contributed by atoms with Crippen LogP contribution >= 0.6 is 11.8 Å². The van der Waals surface area contributed by atoms with Gasteiger partial charge in [-0.15, -0.1) is 0 Å². The van der Waals surface area contributed by atoms with Crippen molar-refractivity contribution < 1.29 is 14.3 Å². The number of para-hydroxylation sites is 1. The third-order valence-corrected chi connectivity index (χ3v) is 4.08. The number of carbonyl (C=O) groups is 2. The smallest absolute Gasteiger partial charge is 0.328 e. The summed E-state index contributed by atoms with van der Waals surface area (Å²) < 4.78 is 6.65. The maximum absolute atomic E-state index is 12.6. The molecule has 0 spiro atoms. The molecule has 0 fully saturated rings. The Kier molecular flexibility index (Phi) is 6.29. The fourth-order valence-electron chi connectivity index (χ4n) is 2.25. The van der Waals surface area contributed by atoms with E-state index in [1.807, 2.05) is 47.5 Å². The van der Waals surface area contributed by atoms with Gasteiger partial charge in [0.25, 0.3) is 5.91 Å². The Hall–Kier alpha value is -2.21. The summed E-state index contributed by atoms with van der Waals surface area (Å²) in [6.07, 6.45) is 6.23. The lowest BCUT2D eigenvalue weighted by atomic mass is 10.1. The summed E-state index contributed by atoms with van der Waals surface area (Å²) in [5, 5.41) is 2.78. The summed E-state index contributed by atoms with van der Waals surface area (Å²) in [6.45, 7) is 0. The quantitative estimate of drug-likeness (QED) is 0.792. The SMILES string of the molecule is COC(=O)C(CCSC)NC(=O)c1ccccc1-n1cccc1. The van der Waals surface area contributed by atoms with Crippen LogP contribution in [0.5, 0.6) is 0 Å². The Labute approximate surface area is 140 Å². The fourth-order valence-corrected chi connectivity index (χ4v) is 2.72. The lowest BCUT2D eigenvalue weighted by molar-refractivity contribution is -0.142. The molecule has 0 saturated heterocycles. The number of nitrogens with zero attached hydrogens (tertiary/aromatic N) is 1. The van der Waals surface area contributed by atoms with Crippen molar-refractivity contribution in [2.24, 2.45) is 0 Å². The summed E-state index contributed by atoms with van der Waals surface area (Å²) in [5.41, 5.74) is 1.28. The maximum Gasteiger partial charge on any atom is 0.328 e. The molecule has 1 aromatic heterocycles. The predicted molar refractivity (Wildman–Crippen MR) is 92.0 cm³/mol. The van der Waals surface area contributed by atoms with E-state index >= 15 is 0 Å². The van der Waals surface area contributed by atoms with E-state index in [4.69, 9.17) is 4.74 Å². The molecule has 2 aromatic rings. The summed E-state index contributed by atoms with van der Waals surface area (Å²) in [4.78, 5) is 24.5. The molecule has 0 saturated carbocycles. The molecule has 0 aliphatic heterocycles. The number of nitrogens with one attached hydrogen (secondary N) is 1. The van der Waals surface area contributed by atoms with Crippen molar-refractivity contribution in [1.82, 2.24) is 9.88 Å². The van der Waals surface area contributed by atoms with Gasteiger partial charge in [-0.2, -0.15) is 11.8 Å². The summed E-state index contributed by atoms with van der Waals surface area (Å²) in [6, 6.07) is 10.4. The molecule has 1 amide bonds. The van der Waals surface area contributed by atoms with E-state index < -0.39 is 12.0 Å². The number of rotatable bonds is 7. The van der Waals surface area contributed by atoms with Crippen LogP contribution < -0.4 is 5.32 Å². The molecule has 5 nitrogen and oxygen atoms in total. The number of ether oxygens (including phenoxy) is 1. The zero-order valence-corrected chi connectivity index (χ0v) is 14.0. The molecule has 1 atom stereocenters. The van der Waals surface area contributed by atoms with E-state index in [1.165, 1.54) is 7.11 Å². The maximum atomic E-state index is 12.6. The van der Waals surface area contributed by atoms with E-state index in [1.54, 1.807) is 23.9 Å². The second-order valence-electron chi connectivity index (χ2n) is 4.94. The highest BCUT2D eigenvalue weighted by atomic mass is 32.2. The van der Waals surface area contributed by atoms with Crippen molar-refractivity contribution in [3.63, 3.8) is 0 Å². The van der Waals surface area contributed by atoms with Crippen LogP contribution in [0.3, 0.4) is 0 Å². The third-order valence-electron chi connectivity index (χ3n) is 3.43. The van der Waals surface area contributed by atoms with Crippen molar-refractivity contribution in [1.29, 1.82) is 0 Å². The topological polar surface area (TPSA) is 60.3 Å². The molecule has 0 aliphatic carbocycles. The summed E-state index contributed by atoms with van der Waals surface area (Å²) in [7, 11) is 1.33.